The number of aliphatic hydroxyl groups is 1. The Balaban J connectivity index is 2.14. The first-order valence-electron chi connectivity index (χ1n) is 5.25. The average molecular weight is 219 g/mol. The van der Waals surface area contributed by atoms with Gasteiger partial charge in [0, 0.05) is 19.2 Å². The van der Waals surface area contributed by atoms with E-state index in [9.17, 15) is 8.42 Å². The summed E-state index contributed by atoms with van der Waals surface area (Å²) in [6.07, 6.45) is 3.68. The number of hydrogen-bond donors (Lipinski definition) is 1. The van der Waals surface area contributed by atoms with Crippen molar-refractivity contribution in [1.29, 1.82) is 0 Å². The van der Waals surface area contributed by atoms with Crippen LogP contribution in [0.15, 0.2) is 0 Å². The molecule has 14 heavy (non-hydrogen) atoms. The Morgan fingerprint density at radius 3 is 2.64 bits per heavy atom. The Hall–Kier alpha value is -0.130. The molecule has 1 heterocycles. The molecular weight excluding hydrogens is 202 g/mol. The summed E-state index contributed by atoms with van der Waals surface area (Å²) in [7, 11) is -2.99. The van der Waals surface area contributed by atoms with Gasteiger partial charge in [-0.25, -0.2) is 8.42 Å². The van der Waals surface area contributed by atoms with Crippen molar-refractivity contribution < 1.29 is 13.5 Å². The van der Waals surface area contributed by atoms with Crippen LogP contribution in [0.2, 0.25) is 0 Å². The smallest absolute Gasteiger partial charge is 0.214 e. The molecule has 2 aliphatic rings. The van der Waals surface area contributed by atoms with E-state index in [1.54, 1.807) is 4.31 Å². The third-order valence-electron chi connectivity index (χ3n) is 3.36. The van der Waals surface area contributed by atoms with Crippen molar-refractivity contribution in [3.05, 3.63) is 0 Å². The molecule has 1 aliphatic heterocycles. The number of nitrogens with zero attached hydrogens (tertiary/aromatic N) is 1. The van der Waals surface area contributed by atoms with Crippen LogP contribution < -0.4 is 0 Å². The third-order valence-corrected chi connectivity index (χ3v) is 5.33. The van der Waals surface area contributed by atoms with E-state index in [4.69, 9.17) is 5.11 Å². The van der Waals surface area contributed by atoms with Gasteiger partial charge in [-0.2, -0.15) is 4.31 Å². The molecule has 1 N–H and O–H groups in total. The number of rotatable bonds is 2. The second-order valence-electron chi connectivity index (χ2n) is 4.22. The molecule has 2 atom stereocenters. The summed E-state index contributed by atoms with van der Waals surface area (Å²) in [5.74, 6) is 0.463. The summed E-state index contributed by atoms with van der Waals surface area (Å²) in [4.78, 5) is 0. The Morgan fingerprint density at radius 2 is 2.07 bits per heavy atom. The summed E-state index contributed by atoms with van der Waals surface area (Å²) in [6, 6.07) is 0.0764. The van der Waals surface area contributed by atoms with E-state index in [-0.39, 0.29) is 18.6 Å². The highest BCUT2D eigenvalue weighted by atomic mass is 32.2. The average Bonchev–Trinajstić information content (AvgIpc) is 2.69. The summed E-state index contributed by atoms with van der Waals surface area (Å²) in [6.45, 7) is 0.778. The molecule has 0 aromatic carbocycles. The standard InChI is InChI=1S/C9H17NO3S/c11-7-8-3-1-4-9(8)10-5-2-6-14(10,12)13/h8-9,11H,1-7H2. The van der Waals surface area contributed by atoms with Crippen molar-refractivity contribution in [2.75, 3.05) is 18.9 Å². The minimum atomic E-state index is -2.99. The Morgan fingerprint density at radius 1 is 1.29 bits per heavy atom. The largest absolute Gasteiger partial charge is 0.396 e. The first-order valence-corrected chi connectivity index (χ1v) is 6.86. The second kappa shape index (κ2) is 3.79. The quantitative estimate of drug-likeness (QED) is 0.721. The SMILES string of the molecule is O=S1(=O)CCCN1C1CCCC1CO. The zero-order chi connectivity index (χ0) is 10.2. The molecule has 0 amide bonds. The van der Waals surface area contributed by atoms with Crippen LogP contribution in [0.1, 0.15) is 25.7 Å². The van der Waals surface area contributed by atoms with E-state index in [2.05, 4.69) is 0 Å². The van der Waals surface area contributed by atoms with Crippen LogP contribution in [0.25, 0.3) is 0 Å². The zero-order valence-electron chi connectivity index (χ0n) is 8.22. The number of hydrogen-bond acceptors (Lipinski definition) is 3. The summed E-state index contributed by atoms with van der Waals surface area (Å²) < 4.78 is 24.9. The van der Waals surface area contributed by atoms with Crippen LogP contribution in [0.4, 0.5) is 0 Å². The molecule has 4 nitrogen and oxygen atoms in total. The predicted molar refractivity (Wildman–Crippen MR) is 53.3 cm³/mol. The number of sulfonamides is 1. The fourth-order valence-corrected chi connectivity index (χ4v) is 4.47. The van der Waals surface area contributed by atoms with Crippen LogP contribution in [0, 0.1) is 5.92 Å². The van der Waals surface area contributed by atoms with Gasteiger partial charge in [0.15, 0.2) is 0 Å². The van der Waals surface area contributed by atoms with Gasteiger partial charge < -0.3 is 5.11 Å². The minimum Gasteiger partial charge on any atom is -0.396 e. The Bertz CT molecular complexity index is 301. The van der Waals surface area contributed by atoms with Gasteiger partial charge in [-0.15, -0.1) is 0 Å². The molecule has 0 radical (unpaired) electrons. The van der Waals surface area contributed by atoms with Crippen LogP contribution in [0.3, 0.4) is 0 Å². The molecule has 0 spiro atoms. The topological polar surface area (TPSA) is 57.6 Å². The lowest BCUT2D eigenvalue weighted by atomic mass is 10.1. The van der Waals surface area contributed by atoms with Crippen LogP contribution >= 0.6 is 0 Å². The molecule has 82 valence electrons. The maximum atomic E-state index is 11.7. The first kappa shape index (κ1) is 10.4. The fourth-order valence-electron chi connectivity index (χ4n) is 2.64. The van der Waals surface area contributed by atoms with Gasteiger partial charge in [0.1, 0.15) is 0 Å². The minimum absolute atomic E-state index is 0.0764. The van der Waals surface area contributed by atoms with E-state index in [0.717, 1.165) is 25.7 Å². The maximum Gasteiger partial charge on any atom is 0.214 e. The molecular formula is C9H17NO3S. The lowest BCUT2D eigenvalue weighted by molar-refractivity contribution is 0.174. The van der Waals surface area contributed by atoms with Crippen LogP contribution in [-0.4, -0.2) is 42.8 Å². The van der Waals surface area contributed by atoms with Gasteiger partial charge in [-0.3, -0.25) is 0 Å². The van der Waals surface area contributed by atoms with E-state index in [1.807, 2.05) is 0 Å². The molecule has 0 bridgehead atoms. The van der Waals surface area contributed by atoms with Gasteiger partial charge in [0.2, 0.25) is 10.0 Å². The fraction of sp³-hybridized carbons (Fsp3) is 1.00. The highest BCUT2D eigenvalue weighted by Gasteiger charge is 2.40. The van der Waals surface area contributed by atoms with Crippen LogP contribution in [0.5, 0.6) is 0 Å². The van der Waals surface area contributed by atoms with Gasteiger partial charge >= 0.3 is 0 Å². The normalized spacial score (nSPS) is 37.8. The zero-order valence-corrected chi connectivity index (χ0v) is 9.04. The molecule has 1 saturated heterocycles. The predicted octanol–water partition coefficient (Wildman–Crippen LogP) is 0.183. The monoisotopic (exact) mass is 219 g/mol. The molecule has 1 aliphatic carbocycles. The van der Waals surface area contributed by atoms with Crippen LogP contribution in [-0.2, 0) is 10.0 Å². The Labute approximate surface area is 85.0 Å². The molecule has 5 heteroatoms. The maximum absolute atomic E-state index is 11.7. The molecule has 2 unspecified atom stereocenters. The second-order valence-corrected chi connectivity index (χ2v) is 6.26. The molecule has 2 rings (SSSR count). The summed E-state index contributed by atoms with van der Waals surface area (Å²) >= 11 is 0. The van der Waals surface area contributed by atoms with E-state index in [1.165, 1.54) is 0 Å². The van der Waals surface area contributed by atoms with E-state index < -0.39 is 10.0 Å². The van der Waals surface area contributed by atoms with E-state index >= 15 is 0 Å². The molecule has 0 aromatic heterocycles. The summed E-state index contributed by atoms with van der Waals surface area (Å²) in [5, 5.41) is 9.15. The highest BCUT2D eigenvalue weighted by molar-refractivity contribution is 7.89. The van der Waals surface area contributed by atoms with Gasteiger partial charge in [0.25, 0.3) is 0 Å². The van der Waals surface area contributed by atoms with Crippen molar-refractivity contribution in [3.63, 3.8) is 0 Å². The lowest BCUT2D eigenvalue weighted by Gasteiger charge is -2.26. The highest BCUT2D eigenvalue weighted by Crippen LogP contribution is 2.33. The van der Waals surface area contributed by atoms with Gasteiger partial charge in [0.05, 0.1) is 5.75 Å². The van der Waals surface area contributed by atoms with Crippen molar-refractivity contribution in [2.24, 2.45) is 5.92 Å². The Kier molecular flexibility index (Phi) is 2.81. The lowest BCUT2D eigenvalue weighted by Crippen LogP contribution is -2.40. The number of aliphatic hydroxyl groups excluding tert-OH is 1. The molecule has 0 aromatic rings. The van der Waals surface area contributed by atoms with Crippen molar-refractivity contribution >= 4 is 10.0 Å². The first-order chi connectivity index (χ1) is 6.65. The summed E-state index contributed by atoms with van der Waals surface area (Å²) in [5.41, 5.74) is 0. The van der Waals surface area contributed by atoms with E-state index in [0.29, 0.717) is 12.3 Å². The van der Waals surface area contributed by atoms with Gasteiger partial charge in [-0.05, 0) is 25.2 Å². The van der Waals surface area contributed by atoms with Crippen molar-refractivity contribution in [1.82, 2.24) is 4.31 Å². The van der Waals surface area contributed by atoms with Gasteiger partial charge in [-0.1, -0.05) is 6.42 Å². The third kappa shape index (κ3) is 1.68. The molecule has 1 saturated carbocycles. The van der Waals surface area contributed by atoms with Crippen molar-refractivity contribution in [2.45, 2.75) is 31.7 Å². The van der Waals surface area contributed by atoms with Crippen molar-refractivity contribution in [3.8, 4) is 0 Å². The molecule has 2 fully saturated rings.